The first-order chi connectivity index (χ1) is 9.01. The lowest BCUT2D eigenvalue weighted by Gasteiger charge is -2.43. The van der Waals surface area contributed by atoms with Gasteiger partial charge in [0.25, 0.3) is 0 Å². The number of carbonyl (C=O) groups excluding carboxylic acids is 1. The van der Waals surface area contributed by atoms with Crippen molar-refractivity contribution in [3.63, 3.8) is 0 Å². The molecule has 0 radical (unpaired) electrons. The number of carboxylic acids is 1. The quantitative estimate of drug-likeness (QED) is 0.791. The van der Waals surface area contributed by atoms with Gasteiger partial charge in [0.05, 0.1) is 12.0 Å². The van der Waals surface area contributed by atoms with Crippen LogP contribution in [0.3, 0.4) is 0 Å². The number of rotatable bonds is 6. The topological polar surface area (TPSA) is 66.8 Å². The molecule has 0 aromatic rings. The van der Waals surface area contributed by atoms with E-state index in [-0.39, 0.29) is 17.7 Å². The molecule has 1 amide bonds. The van der Waals surface area contributed by atoms with Crippen molar-refractivity contribution in [1.29, 1.82) is 0 Å². The van der Waals surface area contributed by atoms with Crippen LogP contribution in [0, 0.1) is 17.8 Å². The summed E-state index contributed by atoms with van der Waals surface area (Å²) in [5.41, 5.74) is 0. The van der Waals surface area contributed by atoms with Gasteiger partial charge in [-0.05, 0) is 25.7 Å². The van der Waals surface area contributed by atoms with Crippen LogP contribution in [0.1, 0.15) is 33.1 Å². The number of carboxylic acid groups (broad SMARTS) is 1. The van der Waals surface area contributed by atoms with Crippen LogP contribution in [-0.2, 0) is 14.3 Å². The monoisotopic (exact) mass is 269 g/mol. The van der Waals surface area contributed by atoms with Crippen LogP contribution in [0.25, 0.3) is 0 Å². The van der Waals surface area contributed by atoms with Crippen molar-refractivity contribution in [3.05, 3.63) is 0 Å². The molecule has 1 atom stereocenters. The molecule has 108 valence electrons. The van der Waals surface area contributed by atoms with Crippen molar-refractivity contribution in [1.82, 2.24) is 4.90 Å². The molecule has 0 bridgehead atoms. The highest BCUT2D eigenvalue weighted by atomic mass is 16.5. The summed E-state index contributed by atoms with van der Waals surface area (Å²) in [6.07, 6.45) is 2.92. The fraction of sp³-hybridized carbons (Fsp3) is 0.857. The first kappa shape index (κ1) is 14.3. The van der Waals surface area contributed by atoms with E-state index in [1.807, 2.05) is 6.92 Å². The smallest absolute Gasteiger partial charge is 0.306 e. The molecule has 5 heteroatoms. The summed E-state index contributed by atoms with van der Waals surface area (Å²) in [5, 5.41) is 8.90. The molecule has 2 rings (SSSR count). The van der Waals surface area contributed by atoms with Gasteiger partial charge in [-0.1, -0.05) is 6.92 Å². The Labute approximate surface area is 113 Å². The number of hydrogen-bond acceptors (Lipinski definition) is 3. The van der Waals surface area contributed by atoms with Gasteiger partial charge >= 0.3 is 5.97 Å². The summed E-state index contributed by atoms with van der Waals surface area (Å²) in [6, 6.07) is 0. The summed E-state index contributed by atoms with van der Waals surface area (Å²) in [4.78, 5) is 24.6. The highest BCUT2D eigenvalue weighted by Gasteiger charge is 2.39. The standard InChI is InChI=1S/C14H23NO4/c1-3-19-12-4-10(5-12)6-13(16)15-7-11(8-15)9(2)14(17)18/h9-12H,3-8H2,1-2H3,(H,17,18). The van der Waals surface area contributed by atoms with Crippen molar-refractivity contribution in [2.75, 3.05) is 19.7 Å². The Kier molecular flexibility index (Phi) is 4.45. The fourth-order valence-corrected chi connectivity index (χ4v) is 2.82. The molecule has 1 N–H and O–H groups in total. The van der Waals surface area contributed by atoms with Crippen molar-refractivity contribution in [2.24, 2.45) is 17.8 Å². The van der Waals surface area contributed by atoms with Crippen LogP contribution < -0.4 is 0 Å². The third kappa shape index (κ3) is 3.26. The summed E-state index contributed by atoms with van der Waals surface area (Å²) in [6.45, 7) is 5.66. The van der Waals surface area contributed by atoms with E-state index in [9.17, 15) is 9.59 Å². The first-order valence-electron chi connectivity index (χ1n) is 7.13. The van der Waals surface area contributed by atoms with E-state index in [1.165, 1.54) is 0 Å². The Bertz CT molecular complexity index is 345. The highest BCUT2D eigenvalue weighted by molar-refractivity contribution is 5.78. The molecule has 19 heavy (non-hydrogen) atoms. The van der Waals surface area contributed by atoms with E-state index >= 15 is 0 Å². The number of ether oxygens (including phenoxy) is 1. The summed E-state index contributed by atoms with van der Waals surface area (Å²) in [5.74, 6) is -0.362. The van der Waals surface area contributed by atoms with E-state index in [4.69, 9.17) is 9.84 Å². The normalized spacial score (nSPS) is 28.4. The summed E-state index contributed by atoms with van der Waals surface area (Å²) in [7, 11) is 0. The molecule has 1 aliphatic heterocycles. The Morgan fingerprint density at radius 1 is 1.37 bits per heavy atom. The molecule has 0 spiro atoms. The van der Waals surface area contributed by atoms with Gasteiger partial charge in [0.15, 0.2) is 0 Å². The van der Waals surface area contributed by atoms with E-state index < -0.39 is 5.97 Å². The molecule has 2 fully saturated rings. The molecular formula is C14H23NO4. The van der Waals surface area contributed by atoms with Crippen LogP contribution in [-0.4, -0.2) is 47.7 Å². The molecule has 1 aliphatic carbocycles. The zero-order valence-electron chi connectivity index (χ0n) is 11.7. The van der Waals surface area contributed by atoms with Crippen LogP contribution in [0.5, 0.6) is 0 Å². The number of likely N-dealkylation sites (tertiary alicyclic amines) is 1. The van der Waals surface area contributed by atoms with Crippen molar-refractivity contribution < 1.29 is 19.4 Å². The third-order valence-electron chi connectivity index (χ3n) is 4.42. The van der Waals surface area contributed by atoms with Crippen molar-refractivity contribution in [2.45, 2.75) is 39.2 Å². The number of aliphatic carboxylic acids is 1. The molecule has 1 unspecified atom stereocenters. The van der Waals surface area contributed by atoms with Crippen molar-refractivity contribution in [3.8, 4) is 0 Å². The minimum atomic E-state index is -0.768. The molecule has 1 heterocycles. The second-order valence-corrected chi connectivity index (χ2v) is 5.80. The highest BCUT2D eigenvalue weighted by Crippen LogP contribution is 2.34. The molecule has 0 aromatic carbocycles. The maximum atomic E-state index is 12.0. The summed E-state index contributed by atoms with van der Waals surface area (Å²) < 4.78 is 5.48. The molecule has 0 aromatic heterocycles. The first-order valence-corrected chi connectivity index (χ1v) is 7.13. The molecule has 5 nitrogen and oxygen atoms in total. The third-order valence-corrected chi connectivity index (χ3v) is 4.42. The minimum absolute atomic E-state index is 0.124. The van der Waals surface area contributed by atoms with Gasteiger partial charge in [-0.3, -0.25) is 9.59 Å². The Morgan fingerprint density at radius 3 is 2.53 bits per heavy atom. The predicted molar refractivity (Wildman–Crippen MR) is 69.6 cm³/mol. The van der Waals surface area contributed by atoms with Gasteiger partial charge in [-0.15, -0.1) is 0 Å². The Hall–Kier alpha value is -1.10. The second-order valence-electron chi connectivity index (χ2n) is 5.80. The minimum Gasteiger partial charge on any atom is -0.481 e. The zero-order chi connectivity index (χ0) is 14.0. The predicted octanol–water partition coefficient (Wildman–Crippen LogP) is 1.37. The number of amides is 1. The van der Waals surface area contributed by atoms with E-state index in [0.29, 0.717) is 31.5 Å². The van der Waals surface area contributed by atoms with Crippen LogP contribution >= 0.6 is 0 Å². The van der Waals surface area contributed by atoms with E-state index in [0.717, 1.165) is 19.4 Å². The average molecular weight is 269 g/mol. The molecule has 1 saturated heterocycles. The Morgan fingerprint density at radius 2 is 2.00 bits per heavy atom. The van der Waals surface area contributed by atoms with E-state index in [2.05, 4.69) is 0 Å². The number of nitrogens with zero attached hydrogens (tertiary/aromatic N) is 1. The Balaban J connectivity index is 1.63. The lowest BCUT2D eigenvalue weighted by molar-refractivity contribution is -0.151. The van der Waals surface area contributed by atoms with Gasteiger partial charge in [0, 0.05) is 32.0 Å². The van der Waals surface area contributed by atoms with Crippen LogP contribution in [0.15, 0.2) is 0 Å². The SMILES string of the molecule is CCOC1CC(CC(=O)N2CC(C(C)C(=O)O)C2)C1. The van der Waals surface area contributed by atoms with Gasteiger partial charge in [-0.25, -0.2) is 0 Å². The molecule has 1 saturated carbocycles. The van der Waals surface area contributed by atoms with Gasteiger partial charge in [-0.2, -0.15) is 0 Å². The number of hydrogen-bond donors (Lipinski definition) is 1. The van der Waals surface area contributed by atoms with E-state index in [1.54, 1.807) is 11.8 Å². The van der Waals surface area contributed by atoms with Crippen LogP contribution in [0.2, 0.25) is 0 Å². The average Bonchev–Trinajstić information content (AvgIpc) is 2.23. The largest absolute Gasteiger partial charge is 0.481 e. The van der Waals surface area contributed by atoms with Gasteiger partial charge in [0.1, 0.15) is 0 Å². The molecule has 2 aliphatic rings. The number of carbonyl (C=O) groups is 2. The van der Waals surface area contributed by atoms with Gasteiger partial charge in [0.2, 0.25) is 5.91 Å². The zero-order valence-corrected chi connectivity index (χ0v) is 11.7. The summed E-state index contributed by atoms with van der Waals surface area (Å²) >= 11 is 0. The maximum Gasteiger partial charge on any atom is 0.306 e. The second kappa shape index (κ2) is 5.90. The maximum absolute atomic E-state index is 12.0. The molecular weight excluding hydrogens is 246 g/mol. The van der Waals surface area contributed by atoms with Crippen LogP contribution in [0.4, 0.5) is 0 Å². The lowest BCUT2D eigenvalue weighted by Crippen LogP contribution is -2.54. The fourth-order valence-electron chi connectivity index (χ4n) is 2.82. The van der Waals surface area contributed by atoms with Gasteiger partial charge < -0.3 is 14.7 Å². The van der Waals surface area contributed by atoms with Crippen molar-refractivity contribution >= 4 is 11.9 Å². The lowest BCUT2D eigenvalue weighted by atomic mass is 9.79.